The third-order valence-electron chi connectivity index (χ3n) is 2.42. The van der Waals surface area contributed by atoms with Crippen molar-refractivity contribution < 1.29 is 27.2 Å². The number of rotatable bonds is 5. The lowest BCUT2D eigenvalue weighted by atomic mass is 9.99. The minimum absolute atomic E-state index is 0.435. The fourth-order valence-electron chi connectivity index (χ4n) is 1.26. The van der Waals surface area contributed by atoms with Crippen LogP contribution in [0.2, 0.25) is 19.6 Å². The van der Waals surface area contributed by atoms with Crippen LogP contribution < -0.4 is 5.32 Å². The van der Waals surface area contributed by atoms with Gasteiger partial charge in [-0.15, -0.1) is 0 Å². The summed E-state index contributed by atoms with van der Waals surface area (Å²) in [5, 5.41) is 1.71. The lowest BCUT2D eigenvalue weighted by Gasteiger charge is -2.27. The molecular weight excluding hydrogens is 279 g/mol. The van der Waals surface area contributed by atoms with Crippen LogP contribution in [-0.2, 0) is 14.0 Å². The maximum absolute atomic E-state index is 12.2. The van der Waals surface area contributed by atoms with Crippen LogP contribution in [-0.4, -0.2) is 32.4 Å². The number of alkyl halides is 3. The molecule has 4 nitrogen and oxygen atoms in total. The molecule has 0 aromatic rings. The Bertz CT molecular complexity index is 339. The first kappa shape index (κ1) is 17.9. The molecule has 19 heavy (non-hydrogen) atoms. The highest BCUT2D eigenvalue weighted by Crippen LogP contribution is 2.18. The molecule has 0 fully saturated rings. The largest absolute Gasteiger partial charge is 0.518 e. The van der Waals surface area contributed by atoms with E-state index in [0.717, 1.165) is 0 Å². The summed E-state index contributed by atoms with van der Waals surface area (Å²) >= 11 is 0. The van der Waals surface area contributed by atoms with Crippen molar-refractivity contribution in [2.75, 3.05) is 0 Å². The van der Waals surface area contributed by atoms with Crippen LogP contribution >= 0.6 is 0 Å². The Balaban J connectivity index is 4.93. The van der Waals surface area contributed by atoms with E-state index in [1.165, 1.54) is 0 Å². The first-order chi connectivity index (χ1) is 8.38. The van der Waals surface area contributed by atoms with Gasteiger partial charge in [-0.05, 0) is 25.6 Å². The topological polar surface area (TPSA) is 55.4 Å². The minimum atomic E-state index is -5.01. The monoisotopic (exact) mass is 299 g/mol. The molecule has 0 aliphatic heterocycles. The van der Waals surface area contributed by atoms with Crippen molar-refractivity contribution in [3.05, 3.63) is 0 Å². The van der Waals surface area contributed by atoms with E-state index in [-0.39, 0.29) is 0 Å². The van der Waals surface area contributed by atoms with E-state index in [0.29, 0.717) is 6.42 Å². The van der Waals surface area contributed by atoms with Gasteiger partial charge in [-0.25, -0.2) is 0 Å². The van der Waals surface area contributed by atoms with E-state index in [4.69, 9.17) is 4.43 Å². The van der Waals surface area contributed by atoms with Crippen molar-refractivity contribution in [2.24, 2.45) is 5.92 Å². The van der Waals surface area contributed by atoms with E-state index in [1.807, 2.05) is 0 Å². The third-order valence-corrected chi connectivity index (χ3v) is 3.23. The van der Waals surface area contributed by atoms with Crippen LogP contribution in [0.1, 0.15) is 20.3 Å². The molecule has 0 heterocycles. The van der Waals surface area contributed by atoms with E-state index in [2.05, 4.69) is 0 Å². The summed E-state index contributed by atoms with van der Waals surface area (Å²) in [5.41, 5.74) is 0. The van der Waals surface area contributed by atoms with Gasteiger partial charge < -0.3 is 9.74 Å². The number of nitrogens with one attached hydrogen (secondary N) is 1. The molecule has 0 aromatic carbocycles. The van der Waals surface area contributed by atoms with Crippen LogP contribution in [0.3, 0.4) is 0 Å². The van der Waals surface area contributed by atoms with Crippen LogP contribution in [0.4, 0.5) is 13.2 Å². The highest BCUT2D eigenvalue weighted by Gasteiger charge is 2.42. The first-order valence-corrected chi connectivity index (χ1v) is 9.40. The highest BCUT2D eigenvalue weighted by molar-refractivity contribution is 6.71. The second kappa shape index (κ2) is 6.40. The van der Waals surface area contributed by atoms with Crippen molar-refractivity contribution in [3.63, 3.8) is 0 Å². The third kappa shape index (κ3) is 6.60. The van der Waals surface area contributed by atoms with Crippen LogP contribution in [0, 0.1) is 5.92 Å². The zero-order valence-electron chi connectivity index (χ0n) is 11.7. The van der Waals surface area contributed by atoms with Gasteiger partial charge in [-0.2, -0.15) is 13.2 Å². The zero-order chi connectivity index (χ0) is 15.4. The van der Waals surface area contributed by atoms with Crippen molar-refractivity contribution >= 4 is 20.2 Å². The molecule has 0 aliphatic carbocycles. The molecule has 112 valence electrons. The quantitative estimate of drug-likeness (QED) is 0.793. The summed E-state index contributed by atoms with van der Waals surface area (Å²) in [5.74, 6) is -3.36. The van der Waals surface area contributed by atoms with Crippen molar-refractivity contribution in [2.45, 2.75) is 52.1 Å². The van der Waals surface area contributed by atoms with E-state index < -0.39 is 38.3 Å². The normalized spacial score (nSPS) is 15.6. The van der Waals surface area contributed by atoms with E-state index >= 15 is 0 Å². The maximum atomic E-state index is 12.2. The van der Waals surface area contributed by atoms with Crippen LogP contribution in [0.5, 0.6) is 0 Å². The molecule has 0 aromatic heterocycles. The number of carbonyl (C=O) groups is 2. The summed E-state index contributed by atoms with van der Waals surface area (Å²) in [6.07, 6.45) is -4.56. The van der Waals surface area contributed by atoms with Gasteiger partial charge in [0.05, 0.1) is 0 Å². The van der Waals surface area contributed by atoms with Crippen LogP contribution in [0.25, 0.3) is 0 Å². The molecule has 0 rings (SSSR count). The fourth-order valence-corrected chi connectivity index (χ4v) is 1.99. The summed E-state index contributed by atoms with van der Waals surface area (Å²) in [6.45, 7) is 8.53. The van der Waals surface area contributed by atoms with Gasteiger partial charge in [0.15, 0.2) is 0 Å². The van der Waals surface area contributed by atoms with Gasteiger partial charge in [0.2, 0.25) is 8.32 Å². The van der Waals surface area contributed by atoms with E-state index in [9.17, 15) is 22.8 Å². The van der Waals surface area contributed by atoms with Gasteiger partial charge in [0.25, 0.3) is 0 Å². The molecule has 0 saturated heterocycles. The predicted octanol–water partition coefficient (Wildman–Crippen LogP) is 2.46. The smallest absolute Gasteiger partial charge is 0.471 e. The van der Waals surface area contributed by atoms with Crippen molar-refractivity contribution in [3.8, 4) is 0 Å². The molecular formula is C11H20F3NO3Si. The lowest BCUT2D eigenvalue weighted by molar-refractivity contribution is -0.175. The van der Waals surface area contributed by atoms with Crippen LogP contribution in [0.15, 0.2) is 0 Å². The maximum Gasteiger partial charge on any atom is 0.471 e. The molecule has 8 heteroatoms. The Labute approximate surface area is 111 Å². The summed E-state index contributed by atoms with van der Waals surface area (Å²) in [4.78, 5) is 22.8. The molecule has 0 aliphatic rings. The number of halogens is 3. The second-order valence-electron chi connectivity index (χ2n) is 5.37. The summed E-state index contributed by atoms with van der Waals surface area (Å²) in [7, 11) is -2.22. The lowest BCUT2D eigenvalue weighted by Crippen LogP contribution is -2.52. The van der Waals surface area contributed by atoms with Gasteiger partial charge in [0.1, 0.15) is 6.04 Å². The average molecular weight is 299 g/mol. The van der Waals surface area contributed by atoms with Crippen molar-refractivity contribution in [1.29, 1.82) is 0 Å². The Kier molecular flexibility index (Phi) is 6.05. The Morgan fingerprint density at radius 3 is 2.05 bits per heavy atom. The predicted molar refractivity (Wildman–Crippen MR) is 66.9 cm³/mol. The molecule has 0 radical (unpaired) electrons. The molecule has 1 amide bonds. The first-order valence-electron chi connectivity index (χ1n) is 5.99. The standard InChI is InChI=1S/C11H20F3NO3Si/c1-6-7(2)8(9(16)18-19(3,4)5)15-10(17)11(12,13)14/h7-8H,6H2,1-5H3,(H,15,17). The molecule has 2 unspecified atom stereocenters. The molecule has 2 atom stereocenters. The Hall–Kier alpha value is -1.05. The van der Waals surface area contributed by atoms with E-state index in [1.54, 1.807) is 38.8 Å². The number of carbonyl (C=O) groups excluding carboxylic acids is 2. The van der Waals surface area contributed by atoms with Crippen molar-refractivity contribution in [1.82, 2.24) is 5.32 Å². The minimum Gasteiger partial charge on any atom is -0.518 e. The molecule has 0 saturated carbocycles. The summed E-state index contributed by atoms with van der Waals surface area (Å²) in [6, 6.07) is -1.27. The Morgan fingerprint density at radius 2 is 1.74 bits per heavy atom. The summed E-state index contributed by atoms with van der Waals surface area (Å²) < 4.78 is 41.8. The highest BCUT2D eigenvalue weighted by atomic mass is 28.4. The molecule has 0 bridgehead atoms. The number of hydrogen-bond acceptors (Lipinski definition) is 3. The van der Waals surface area contributed by atoms with Gasteiger partial charge in [-0.3, -0.25) is 9.59 Å². The van der Waals surface area contributed by atoms with Gasteiger partial charge in [0, 0.05) is 0 Å². The van der Waals surface area contributed by atoms with Gasteiger partial charge >= 0.3 is 18.1 Å². The zero-order valence-corrected chi connectivity index (χ0v) is 12.7. The fraction of sp³-hybridized carbons (Fsp3) is 0.818. The average Bonchev–Trinajstić information content (AvgIpc) is 2.20. The SMILES string of the molecule is CCC(C)C(NC(=O)C(F)(F)F)C(=O)O[Si](C)(C)C. The molecule has 0 spiro atoms. The number of hydrogen-bond donors (Lipinski definition) is 1. The number of amides is 1. The Morgan fingerprint density at radius 1 is 1.26 bits per heavy atom. The van der Waals surface area contributed by atoms with Gasteiger partial charge in [-0.1, -0.05) is 20.3 Å². The second-order valence-corrected chi connectivity index (χ2v) is 9.80. The molecule has 1 N–H and O–H groups in total.